The minimum atomic E-state index is 0.0697. The van der Waals surface area contributed by atoms with Crippen LogP contribution in [0.2, 0.25) is 5.02 Å². The molecule has 0 aliphatic carbocycles. The summed E-state index contributed by atoms with van der Waals surface area (Å²) in [5, 5.41) is 7.94. The van der Waals surface area contributed by atoms with Crippen molar-refractivity contribution >= 4 is 11.6 Å². The molecule has 7 heteroatoms. The summed E-state index contributed by atoms with van der Waals surface area (Å²) in [6, 6.07) is 3.73. The summed E-state index contributed by atoms with van der Waals surface area (Å²) in [6.07, 6.45) is 2.73. The first-order valence-corrected chi connectivity index (χ1v) is 7.43. The van der Waals surface area contributed by atoms with E-state index >= 15 is 0 Å². The molecule has 0 bridgehead atoms. The Balaban J connectivity index is 1.80. The van der Waals surface area contributed by atoms with Crippen LogP contribution < -0.4 is 5.32 Å². The molecule has 21 heavy (non-hydrogen) atoms. The number of hydrogen-bond donors (Lipinski definition) is 1. The lowest BCUT2D eigenvalue weighted by atomic mass is 10.0. The molecular formula is C14H17ClN4O2. The van der Waals surface area contributed by atoms with Crippen molar-refractivity contribution in [3.63, 3.8) is 0 Å². The Morgan fingerprint density at radius 3 is 3.14 bits per heavy atom. The first-order valence-electron chi connectivity index (χ1n) is 7.05. The van der Waals surface area contributed by atoms with E-state index < -0.39 is 0 Å². The fourth-order valence-electron chi connectivity index (χ4n) is 2.36. The number of rotatable bonds is 5. The summed E-state index contributed by atoms with van der Waals surface area (Å²) in [5.41, 5.74) is 0.533. The number of nitrogens with one attached hydrogen (secondary N) is 1. The second-order valence-electron chi connectivity index (χ2n) is 4.99. The van der Waals surface area contributed by atoms with Gasteiger partial charge in [-0.2, -0.15) is 4.98 Å². The molecule has 0 spiro atoms. The van der Waals surface area contributed by atoms with Crippen molar-refractivity contribution in [3.05, 3.63) is 29.2 Å². The van der Waals surface area contributed by atoms with E-state index in [1.807, 2.05) is 0 Å². The van der Waals surface area contributed by atoms with Gasteiger partial charge < -0.3 is 14.6 Å². The predicted octanol–water partition coefficient (Wildman–Crippen LogP) is 2.27. The summed E-state index contributed by atoms with van der Waals surface area (Å²) in [5.74, 6) is 1.05. The second kappa shape index (κ2) is 6.51. The van der Waals surface area contributed by atoms with E-state index in [1.165, 1.54) is 0 Å². The van der Waals surface area contributed by atoms with Crippen LogP contribution in [0.3, 0.4) is 0 Å². The third-order valence-corrected chi connectivity index (χ3v) is 3.77. The molecule has 0 saturated carbocycles. The molecule has 1 N–H and O–H groups in total. The number of aromatic nitrogens is 3. The van der Waals surface area contributed by atoms with Crippen LogP contribution in [0.4, 0.5) is 0 Å². The highest BCUT2D eigenvalue weighted by molar-refractivity contribution is 6.32. The first kappa shape index (κ1) is 14.4. The zero-order valence-electron chi connectivity index (χ0n) is 11.8. The van der Waals surface area contributed by atoms with E-state index in [4.69, 9.17) is 20.9 Å². The summed E-state index contributed by atoms with van der Waals surface area (Å²) in [6.45, 7) is 4.31. The summed E-state index contributed by atoms with van der Waals surface area (Å²) >= 11 is 6.10. The maximum Gasteiger partial charge on any atom is 0.234 e. The standard InChI is InChI=1S/C14H17ClN4O2/c1-2-5-16-11-8-20-7-9(11)14-18-13(19-21-14)12-10(15)4-3-6-17-12/h3-4,6,9,11,16H,2,5,7-8H2,1H3. The third kappa shape index (κ3) is 3.07. The summed E-state index contributed by atoms with van der Waals surface area (Å²) in [7, 11) is 0. The molecule has 2 atom stereocenters. The van der Waals surface area contributed by atoms with Crippen LogP contribution in [-0.4, -0.2) is 40.9 Å². The van der Waals surface area contributed by atoms with Gasteiger partial charge in [0.2, 0.25) is 11.7 Å². The van der Waals surface area contributed by atoms with Crippen LogP contribution in [-0.2, 0) is 4.74 Å². The van der Waals surface area contributed by atoms with Crippen LogP contribution in [0.5, 0.6) is 0 Å². The first-order chi connectivity index (χ1) is 10.3. The quantitative estimate of drug-likeness (QED) is 0.913. The highest BCUT2D eigenvalue weighted by Crippen LogP contribution is 2.28. The predicted molar refractivity (Wildman–Crippen MR) is 78.2 cm³/mol. The zero-order valence-corrected chi connectivity index (χ0v) is 12.5. The number of pyridine rings is 1. The van der Waals surface area contributed by atoms with Crippen LogP contribution in [0.1, 0.15) is 25.2 Å². The normalized spacial score (nSPS) is 21.8. The Morgan fingerprint density at radius 1 is 1.43 bits per heavy atom. The van der Waals surface area contributed by atoms with E-state index in [0.29, 0.717) is 35.6 Å². The van der Waals surface area contributed by atoms with Gasteiger partial charge in [0.25, 0.3) is 0 Å². The van der Waals surface area contributed by atoms with Crippen molar-refractivity contribution in [2.75, 3.05) is 19.8 Å². The number of nitrogens with zero attached hydrogens (tertiary/aromatic N) is 3. The SMILES string of the molecule is CCCNC1COCC1c1nc(-c2ncccc2Cl)no1. The molecule has 2 aromatic heterocycles. The molecule has 1 aliphatic heterocycles. The van der Waals surface area contributed by atoms with Crippen molar-refractivity contribution < 1.29 is 9.26 Å². The lowest BCUT2D eigenvalue weighted by molar-refractivity contribution is 0.184. The fraction of sp³-hybridized carbons (Fsp3) is 0.500. The molecule has 3 heterocycles. The Bertz CT molecular complexity index is 604. The Hall–Kier alpha value is -1.50. The van der Waals surface area contributed by atoms with E-state index in [-0.39, 0.29) is 12.0 Å². The van der Waals surface area contributed by atoms with Crippen LogP contribution in [0, 0.1) is 0 Å². The van der Waals surface area contributed by atoms with Gasteiger partial charge in [-0.3, -0.25) is 4.98 Å². The van der Waals surface area contributed by atoms with Gasteiger partial charge in [0.1, 0.15) is 5.69 Å². The van der Waals surface area contributed by atoms with Gasteiger partial charge in [-0.05, 0) is 25.1 Å². The Kier molecular flexibility index (Phi) is 4.48. The van der Waals surface area contributed by atoms with Gasteiger partial charge in [0.05, 0.1) is 24.2 Å². The van der Waals surface area contributed by atoms with Crippen molar-refractivity contribution in [3.8, 4) is 11.5 Å². The lowest BCUT2D eigenvalue weighted by Gasteiger charge is -2.14. The van der Waals surface area contributed by atoms with Crippen LogP contribution >= 0.6 is 11.6 Å². The smallest absolute Gasteiger partial charge is 0.234 e. The van der Waals surface area contributed by atoms with E-state index in [0.717, 1.165) is 13.0 Å². The average molecular weight is 309 g/mol. The van der Waals surface area contributed by atoms with Crippen molar-refractivity contribution in [2.24, 2.45) is 0 Å². The van der Waals surface area contributed by atoms with Crippen LogP contribution in [0.15, 0.2) is 22.9 Å². The summed E-state index contributed by atoms with van der Waals surface area (Å²) in [4.78, 5) is 8.63. The van der Waals surface area contributed by atoms with Gasteiger partial charge in [0.15, 0.2) is 0 Å². The molecule has 2 aromatic rings. The second-order valence-corrected chi connectivity index (χ2v) is 5.40. The molecule has 6 nitrogen and oxygen atoms in total. The molecule has 1 aliphatic rings. The molecule has 0 amide bonds. The van der Waals surface area contributed by atoms with Crippen molar-refractivity contribution in [1.82, 2.24) is 20.4 Å². The van der Waals surface area contributed by atoms with E-state index in [9.17, 15) is 0 Å². The van der Waals surface area contributed by atoms with Gasteiger partial charge in [-0.1, -0.05) is 23.7 Å². The molecule has 112 valence electrons. The van der Waals surface area contributed by atoms with Crippen molar-refractivity contribution in [1.29, 1.82) is 0 Å². The number of ether oxygens (including phenoxy) is 1. The third-order valence-electron chi connectivity index (χ3n) is 3.47. The Labute approximate surface area is 127 Å². The summed E-state index contributed by atoms with van der Waals surface area (Å²) < 4.78 is 10.9. The highest BCUT2D eigenvalue weighted by Gasteiger charge is 2.33. The molecule has 1 saturated heterocycles. The lowest BCUT2D eigenvalue weighted by Crippen LogP contribution is -2.34. The molecule has 1 fully saturated rings. The minimum absolute atomic E-state index is 0.0697. The van der Waals surface area contributed by atoms with Gasteiger partial charge >= 0.3 is 0 Å². The van der Waals surface area contributed by atoms with Gasteiger partial charge in [0, 0.05) is 12.2 Å². The minimum Gasteiger partial charge on any atom is -0.379 e. The number of halogens is 1. The largest absolute Gasteiger partial charge is 0.379 e. The van der Waals surface area contributed by atoms with Gasteiger partial charge in [-0.15, -0.1) is 0 Å². The van der Waals surface area contributed by atoms with E-state index in [2.05, 4.69) is 27.4 Å². The maximum absolute atomic E-state index is 6.10. The molecule has 0 aromatic carbocycles. The molecule has 2 unspecified atom stereocenters. The Morgan fingerprint density at radius 2 is 2.33 bits per heavy atom. The number of hydrogen-bond acceptors (Lipinski definition) is 6. The monoisotopic (exact) mass is 308 g/mol. The highest BCUT2D eigenvalue weighted by atomic mass is 35.5. The zero-order chi connectivity index (χ0) is 14.7. The maximum atomic E-state index is 6.10. The van der Waals surface area contributed by atoms with Gasteiger partial charge in [-0.25, -0.2) is 0 Å². The molecular weight excluding hydrogens is 292 g/mol. The van der Waals surface area contributed by atoms with Crippen LogP contribution in [0.25, 0.3) is 11.5 Å². The molecule has 0 radical (unpaired) electrons. The topological polar surface area (TPSA) is 73.1 Å². The van der Waals surface area contributed by atoms with Crippen molar-refractivity contribution in [2.45, 2.75) is 25.3 Å². The van der Waals surface area contributed by atoms with E-state index in [1.54, 1.807) is 18.3 Å². The average Bonchev–Trinajstić information content (AvgIpc) is 3.14. The molecule has 3 rings (SSSR count). The fourth-order valence-corrected chi connectivity index (χ4v) is 2.57.